The number of carbonyl (C=O) groups is 2. The van der Waals surface area contributed by atoms with Crippen molar-refractivity contribution in [3.63, 3.8) is 0 Å². The number of aliphatic carboxylic acids is 1. The molecule has 22 heavy (non-hydrogen) atoms. The summed E-state index contributed by atoms with van der Waals surface area (Å²) < 4.78 is 23.5. The van der Waals surface area contributed by atoms with Crippen LogP contribution < -0.4 is 10.1 Å². The van der Waals surface area contributed by atoms with Crippen molar-refractivity contribution in [2.75, 3.05) is 19.8 Å². The molecule has 0 saturated heterocycles. The van der Waals surface area contributed by atoms with Crippen molar-refractivity contribution in [1.29, 1.82) is 0 Å². The first-order chi connectivity index (χ1) is 10.4. The Bertz CT molecular complexity index is 547. The topological polar surface area (TPSA) is 84.9 Å². The summed E-state index contributed by atoms with van der Waals surface area (Å²) in [5, 5.41) is 11.2. The van der Waals surface area contributed by atoms with Gasteiger partial charge in [0.2, 0.25) is 0 Å². The Morgan fingerprint density at radius 3 is 2.86 bits per heavy atom. The van der Waals surface area contributed by atoms with E-state index in [0.29, 0.717) is 0 Å². The van der Waals surface area contributed by atoms with E-state index in [9.17, 15) is 14.0 Å². The third-order valence-corrected chi connectivity index (χ3v) is 2.60. The first kappa shape index (κ1) is 17.6. The number of carbonyl (C=O) groups excluding carboxylic acids is 1. The Kier molecular flexibility index (Phi) is 7.04. The highest BCUT2D eigenvalue weighted by atomic mass is 19.1. The Morgan fingerprint density at radius 2 is 2.23 bits per heavy atom. The molecule has 1 unspecified atom stereocenters. The molecule has 0 heterocycles. The number of hydrogen-bond acceptors (Lipinski definition) is 4. The summed E-state index contributed by atoms with van der Waals surface area (Å²) in [5.74, 6) is -2.58. The Morgan fingerprint density at radius 1 is 1.50 bits per heavy atom. The van der Waals surface area contributed by atoms with E-state index in [1.807, 2.05) is 0 Å². The third kappa shape index (κ3) is 5.92. The van der Waals surface area contributed by atoms with Gasteiger partial charge in [0.1, 0.15) is 0 Å². The minimum atomic E-state index is -1.24. The monoisotopic (exact) mass is 311 g/mol. The molecule has 0 aromatic heterocycles. The lowest BCUT2D eigenvalue weighted by atomic mass is 10.2. The largest absolute Gasteiger partial charge is 0.481 e. The maximum Gasteiger partial charge on any atom is 0.328 e. The molecule has 7 heteroatoms. The summed E-state index contributed by atoms with van der Waals surface area (Å²) in [6.07, 6.45) is 1.46. The standard InChI is InChI=1S/C15H18FNO5/c1-3-6-21-8-12(15(19)20)17-14(18)9-22-13-7-10(2)4-5-11(13)16/h3-5,7,12H,1,6,8-9H2,2H3,(H,17,18)(H,19,20). The van der Waals surface area contributed by atoms with Gasteiger partial charge in [-0.25, -0.2) is 9.18 Å². The Labute approximate surface area is 127 Å². The number of ether oxygens (including phenoxy) is 2. The highest BCUT2D eigenvalue weighted by Gasteiger charge is 2.20. The van der Waals surface area contributed by atoms with Gasteiger partial charge in [0.15, 0.2) is 24.2 Å². The smallest absolute Gasteiger partial charge is 0.328 e. The molecule has 6 nitrogen and oxygen atoms in total. The minimum Gasteiger partial charge on any atom is -0.481 e. The lowest BCUT2D eigenvalue weighted by Crippen LogP contribution is -2.45. The molecular weight excluding hydrogens is 293 g/mol. The van der Waals surface area contributed by atoms with Gasteiger partial charge in [-0.05, 0) is 24.6 Å². The maximum atomic E-state index is 13.4. The number of halogens is 1. The lowest BCUT2D eigenvalue weighted by molar-refractivity contribution is -0.143. The second-order valence-electron chi connectivity index (χ2n) is 4.51. The van der Waals surface area contributed by atoms with Crippen LogP contribution in [-0.2, 0) is 14.3 Å². The fourth-order valence-corrected chi connectivity index (χ4v) is 1.54. The maximum absolute atomic E-state index is 13.4. The van der Waals surface area contributed by atoms with Crippen LogP contribution in [0.1, 0.15) is 5.56 Å². The second kappa shape index (κ2) is 8.78. The van der Waals surface area contributed by atoms with Crippen LogP contribution in [0, 0.1) is 12.7 Å². The molecule has 2 N–H and O–H groups in total. The van der Waals surface area contributed by atoms with Crippen LogP contribution in [-0.4, -0.2) is 42.8 Å². The number of carboxylic acids is 1. The number of nitrogens with one attached hydrogen (secondary N) is 1. The molecule has 1 aromatic carbocycles. The molecule has 0 spiro atoms. The summed E-state index contributed by atoms with van der Waals surface area (Å²) in [6.45, 7) is 4.65. The summed E-state index contributed by atoms with van der Waals surface area (Å²) >= 11 is 0. The van der Waals surface area contributed by atoms with Gasteiger partial charge in [-0.2, -0.15) is 0 Å². The summed E-state index contributed by atoms with van der Waals surface area (Å²) in [5.41, 5.74) is 0.776. The van der Waals surface area contributed by atoms with Gasteiger partial charge in [-0.1, -0.05) is 12.1 Å². The fraction of sp³-hybridized carbons (Fsp3) is 0.333. The summed E-state index contributed by atoms with van der Waals surface area (Å²) in [4.78, 5) is 22.6. The zero-order valence-electron chi connectivity index (χ0n) is 12.2. The molecule has 1 rings (SSSR count). The van der Waals surface area contributed by atoms with Gasteiger partial charge < -0.3 is 19.9 Å². The Hall–Kier alpha value is -2.41. The predicted molar refractivity (Wildman–Crippen MR) is 77.2 cm³/mol. The van der Waals surface area contributed by atoms with Crippen molar-refractivity contribution in [3.05, 3.63) is 42.2 Å². The summed E-state index contributed by atoms with van der Waals surface area (Å²) in [7, 11) is 0. The van der Waals surface area contributed by atoms with Gasteiger partial charge in [-0.15, -0.1) is 6.58 Å². The number of rotatable bonds is 9. The number of hydrogen-bond donors (Lipinski definition) is 2. The van der Waals surface area contributed by atoms with Crippen molar-refractivity contribution < 1.29 is 28.6 Å². The molecule has 1 amide bonds. The van der Waals surface area contributed by atoms with Crippen molar-refractivity contribution >= 4 is 11.9 Å². The van der Waals surface area contributed by atoms with E-state index < -0.39 is 30.3 Å². The van der Waals surface area contributed by atoms with E-state index in [1.165, 1.54) is 18.2 Å². The van der Waals surface area contributed by atoms with Crippen molar-refractivity contribution in [2.24, 2.45) is 0 Å². The van der Waals surface area contributed by atoms with Crippen LogP contribution in [0.5, 0.6) is 5.75 Å². The second-order valence-corrected chi connectivity index (χ2v) is 4.51. The van der Waals surface area contributed by atoms with E-state index in [0.717, 1.165) is 5.56 Å². The SMILES string of the molecule is C=CCOCC(NC(=O)COc1cc(C)ccc1F)C(=O)O. The molecule has 0 saturated carbocycles. The molecule has 0 aliphatic heterocycles. The third-order valence-electron chi connectivity index (χ3n) is 2.60. The van der Waals surface area contributed by atoms with Crippen molar-refractivity contribution in [2.45, 2.75) is 13.0 Å². The zero-order chi connectivity index (χ0) is 16.5. The quantitative estimate of drug-likeness (QED) is 0.530. The Balaban J connectivity index is 2.51. The summed E-state index contributed by atoms with van der Waals surface area (Å²) in [6, 6.07) is 3.04. The van der Waals surface area contributed by atoms with Crippen molar-refractivity contribution in [1.82, 2.24) is 5.32 Å². The van der Waals surface area contributed by atoms with Gasteiger partial charge in [0.25, 0.3) is 5.91 Å². The van der Waals surface area contributed by atoms with Gasteiger partial charge in [0.05, 0.1) is 13.2 Å². The normalized spacial score (nSPS) is 11.5. The molecule has 0 fully saturated rings. The van der Waals surface area contributed by atoms with Crippen LogP contribution in [0.15, 0.2) is 30.9 Å². The highest BCUT2D eigenvalue weighted by Crippen LogP contribution is 2.17. The number of benzene rings is 1. The van der Waals surface area contributed by atoms with E-state index in [2.05, 4.69) is 11.9 Å². The first-order valence-electron chi connectivity index (χ1n) is 6.53. The van der Waals surface area contributed by atoms with E-state index >= 15 is 0 Å². The first-order valence-corrected chi connectivity index (χ1v) is 6.53. The van der Waals surface area contributed by atoms with Crippen molar-refractivity contribution in [3.8, 4) is 5.75 Å². The van der Waals surface area contributed by atoms with Crippen LogP contribution in [0.3, 0.4) is 0 Å². The molecule has 0 aliphatic rings. The van der Waals surface area contributed by atoms with E-state index in [4.69, 9.17) is 14.6 Å². The minimum absolute atomic E-state index is 0.0649. The van der Waals surface area contributed by atoms with Crippen LogP contribution in [0.2, 0.25) is 0 Å². The predicted octanol–water partition coefficient (Wildman–Crippen LogP) is 1.28. The molecule has 120 valence electrons. The molecule has 0 radical (unpaired) electrons. The number of carboxylic acid groups (broad SMARTS) is 1. The molecular formula is C15H18FNO5. The molecule has 1 atom stereocenters. The van der Waals surface area contributed by atoms with Crippen LogP contribution in [0.25, 0.3) is 0 Å². The number of aryl methyl sites for hydroxylation is 1. The number of amides is 1. The van der Waals surface area contributed by atoms with Gasteiger partial charge in [0, 0.05) is 0 Å². The molecule has 1 aromatic rings. The fourth-order valence-electron chi connectivity index (χ4n) is 1.54. The average molecular weight is 311 g/mol. The van der Waals surface area contributed by atoms with E-state index in [-0.39, 0.29) is 19.0 Å². The molecule has 0 bridgehead atoms. The zero-order valence-corrected chi connectivity index (χ0v) is 12.2. The van der Waals surface area contributed by atoms with E-state index in [1.54, 1.807) is 13.0 Å². The molecule has 0 aliphatic carbocycles. The highest BCUT2D eigenvalue weighted by molar-refractivity contribution is 5.84. The van der Waals surface area contributed by atoms with Gasteiger partial charge >= 0.3 is 5.97 Å². The lowest BCUT2D eigenvalue weighted by Gasteiger charge is -2.15. The van der Waals surface area contributed by atoms with Crippen LogP contribution >= 0.6 is 0 Å². The van der Waals surface area contributed by atoms with Crippen LogP contribution in [0.4, 0.5) is 4.39 Å². The van der Waals surface area contributed by atoms with Gasteiger partial charge in [-0.3, -0.25) is 4.79 Å². The average Bonchev–Trinajstić information content (AvgIpc) is 2.47.